The van der Waals surface area contributed by atoms with Crippen LogP contribution < -0.4 is 4.90 Å². The molecule has 0 radical (unpaired) electrons. The molecule has 1 fully saturated rings. The molecule has 4 heteroatoms. The molecule has 0 amide bonds. The van der Waals surface area contributed by atoms with Gasteiger partial charge in [0.05, 0.1) is 11.6 Å². The van der Waals surface area contributed by atoms with E-state index in [4.69, 9.17) is 10.4 Å². The van der Waals surface area contributed by atoms with Crippen molar-refractivity contribution < 1.29 is 5.11 Å². The summed E-state index contributed by atoms with van der Waals surface area (Å²) in [6.45, 7) is 3.16. The summed E-state index contributed by atoms with van der Waals surface area (Å²) in [6, 6.07) is 6.31. The van der Waals surface area contributed by atoms with E-state index < -0.39 is 0 Å². The molecular weight excluding hydrogens is 226 g/mol. The molecule has 2 heterocycles. The van der Waals surface area contributed by atoms with Crippen LogP contribution in [0, 0.1) is 18.3 Å². The van der Waals surface area contributed by atoms with E-state index in [2.05, 4.69) is 16.0 Å². The van der Waals surface area contributed by atoms with Gasteiger partial charge in [0.2, 0.25) is 0 Å². The minimum atomic E-state index is 0.245. The second-order valence-corrected chi connectivity index (χ2v) is 4.82. The summed E-state index contributed by atoms with van der Waals surface area (Å²) in [5.74, 6) is 0.909. The van der Waals surface area contributed by atoms with Gasteiger partial charge in [-0.2, -0.15) is 5.26 Å². The predicted octanol–water partition coefficient (Wildman–Crippen LogP) is 2.00. The molecule has 2 rings (SSSR count). The average Bonchev–Trinajstić information content (AvgIpc) is 2.83. The van der Waals surface area contributed by atoms with Crippen molar-refractivity contribution in [1.29, 1.82) is 5.26 Å². The molecule has 1 aromatic rings. The molecule has 0 saturated carbocycles. The maximum atomic E-state index is 9.01. The maximum Gasteiger partial charge on any atom is 0.130 e. The van der Waals surface area contributed by atoms with Crippen molar-refractivity contribution in [2.75, 3.05) is 18.1 Å². The molecule has 1 N–H and O–H groups in total. The number of aromatic nitrogens is 1. The highest BCUT2D eigenvalue weighted by Crippen LogP contribution is 2.27. The third kappa shape index (κ3) is 2.80. The number of pyridine rings is 1. The highest BCUT2D eigenvalue weighted by molar-refractivity contribution is 5.48. The number of nitrogens with zero attached hydrogens (tertiary/aromatic N) is 3. The number of aliphatic hydroxyl groups is 1. The van der Waals surface area contributed by atoms with E-state index in [9.17, 15) is 0 Å². The van der Waals surface area contributed by atoms with Crippen LogP contribution in [0.25, 0.3) is 0 Å². The first kappa shape index (κ1) is 12.8. The van der Waals surface area contributed by atoms with Gasteiger partial charge in [0.1, 0.15) is 5.82 Å². The zero-order valence-corrected chi connectivity index (χ0v) is 10.8. The van der Waals surface area contributed by atoms with Crippen LogP contribution in [0.3, 0.4) is 0 Å². The number of anilines is 1. The number of rotatable bonds is 4. The Hall–Kier alpha value is -1.60. The van der Waals surface area contributed by atoms with Gasteiger partial charge in [-0.15, -0.1) is 0 Å². The summed E-state index contributed by atoms with van der Waals surface area (Å²) in [6.07, 6.45) is 4.14. The summed E-state index contributed by atoms with van der Waals surface area (Å²) >= 11 is 0. The molecular formula is C14H19N3O. The lowest BCUT2D eigenvalue weighted by Gasteiger charge is -2.26. The minimum absolute atomic E-state index is 0.245. The first-order valence-corrected chi connectivity index (χ1v) is 6.51. The third-order valence-electron chi connectivity index (χ3n) is 3.44. The number of aryl methyl sites for hydroxylation is 1. The molecule has 0 spiro atoms. The van der Waals surface area contributed by atoms with E-state index in [-0.39, 0.29) is 6.61 Å². The Morgan fingerprint density at radius 3 is 3.11 bits per heavy atom. The summed E-state index contributed by atoms with van der Waals surface area (Å²) in [7, 11) is 0. The topological polar surface area (TPSA) is 60.2 Å². The van der Waals surface area contributed by atoms with Gasteiger partial charge in [-0.3, -0.25) is 0 Å². The molecule has 4 nitrogen and oxygen atoms in total. The fraction of sp³-hybridized carbons (Fsp3) is 0.571. The van der Waals surface area contributed by atoms with Crippen LogP contribution in [-0.2, 0) is 0 Å². The molecule has 0 aliphatic carbocycles. The van der Waals surface area contributed by atoms with Crippen molar-refractivity contribution in [3.63, 3.8) is 0 Å². The fourth-order valence-corrected chi connectivity index (χ4v) is 2.63. The van der Waals surface area contributed by atoms with Gasteiger partial charge in [0, 0.05) is 24.9 Å². The van der Waals surface area contributed by atoms with Crippen LogP contribution in [0.5, 0.6) is 0 Å². The Bertz CT molecular complexity index is 453. The number of hydrogen-bond donors (Lipinski definition) is 1. The highest BCUT2D eigenvalue weighted by Gasteiger charge is 2.25. The van der Waals surface area contributed by atoms with E-state index in [1.165, 1.54) is 0 Å². The SMILES string of the molecule is Cc1cc(C#N)cc(N2CCCC2CCCO)n1. The summed E-state index contributed by atoms with van der Waals surface area (Å²) in [5.41, 5.74) is 1.56. The van der Waals surface area contributed by atoms with E-state index in [1.54, 1.807) is 0 Å². The summed E-state index contributed by atoms with van der Waals surface area (Å²) < 4.78 is 0. The Morgan fingerprint density at radius 2 is 2.39 bits per heavy atom. The molecule has 18 heavy (non-hydrogen) atoms. The molecule has 1 saturated heterocycles. The highest BCUT2D eigenvalue weighted by atomic mass is 16.2. The second-order valence-electron chi connectivity index (χ2n) is 4.82. The summed E-state index contributed by atoms with van der Waals surface area (Å²) in [4.78, 5) is 6.82. The van der Waals surface area contributed by atoms with Crippen LogP contribution in [0.15, 0.2) is 12.1 Å². The van der Waals surface area contributed by atoms with Gasteiger partial charge in [-0.1, -0.05) is 0 Å². The lowest BCUT2D eigenvalue weighted by Crippen LogP contribution is -2.30. The predicted molar refractivity (Wildman–Crippen MR) is 70.4 cm³/mol. The monoisotopic (exact) mass is 245 g/mol. The van der Waals surface area contributed by atoms with Crippen molar-refractivity contribution in [2.24, 2.45) is 0 Å². The number of hydrogen-bond acceptors (Lipinski definition) is 4. The van der Waals surface area contributed by atoms with Crippen molar-refractivity contribution in [1.82, 2.24) is 4.98 Å². The second kappa shape index (κ2) is 5.83. The first-order valence-electron chi connectivity index (χ1n) is 6.51. The molecule has 1 aromatic heterocycles. The van der Waals surface area contributed by atoms with Crippen molar-refractivity contribution in [2.45, 2.75) is 38.6 Å². The van der Waals surface area contributed by atoms with Gasteiger partial charge in [-0.25, -0.2) is 4.98 Å². The lowest BCUT2D eigenvalue weighted by molar-refractivity contribution is 0.279. The van der Waals surface area contributed by atoms with Gasteiger partial charge < -0.3 is 10.0 Å². The molecule has 1 aliphatic rings. The van der Waals surface area contributed by atoms with Crippen molar-refractivity contribution in [3.8, 4) is 6.07 Å². The normalized spacial score (nSPS) is 18.9. The Balaban J connectivity index is 2.19. The van der Waals surface area contributed by atoms with Gasteiger partial charge in [-0.05, 0) is 44.7 Å². The summed E-state index contributed by atoms with van der Waals surface area (Å²) in [5, 5.41) is 17.9. The van der Waals surface area contributed by atoms with E-state index in [0.717, 1.165) is 43.7 Å². The molecule has 1 atom stereocenters. The van der Waals surface area contributed by atoms with Crippen molar-refractivity contribution in [3.05, 3.63) is 23.4 Å². The lowest BCUT2D eigenvalue weighted by atomic mass is 10.1. The molecule has 0 bridgehead atoms. The smallest absolute Gasteiger partial charge is 0.130 e. The third-order valence-corrected chi connectivity index (χ3v) is 3.44. The molecule has 96 valence electrons. The van der Waals surface area contributed by atoms with Gasteiger partial charge >= 0.3 is 0 Å². The van der Waals surface area contributed by atoms with Crippen LogP contribution in [0.2, 0.25) is 0 Å². The van der Waals surface area contributed by atoms with Gasteiger partial charge in [0.25, 0.3) is 0 Å². The van der Waals surface area contributed by atoms with Crippen molar-refractivity contribution >= 4 is 5.82 Å². The van der Waals surface area contributed by atoms with Gasteiger partial charge in [0.15, 0.2) is 0 Å². The standard InChI is InChI=1S/C14H19N3O/c1-11-8-12(10-15)9-14(16-11)17-6-2-4-13(17)5-3-7-18/h8-9,13,18H,2-7H2,1H3. The number of aliphatic hydroxyl groups excluding tert-OH is 1. The molecule has 1 aliphatic heterocycles. The Kier molecular flexibility index (Phi) is 4.16. The van der Waals surface area contributed by atoms with Crippen LogP contribution in [0.1, 0.15) is 36.9 Å². The number of nitriles is 1. The average molecular weight is 245 g/mol. The Morgan fingerprint density at radius 1 is 1.56 bits per heavy atom. The molecule has 1 unspecified atom stereocenters. The minimum Gasteiger partial charge on any atom is -0.396 e. The van der Waals surface area contributed by atoms with E-state index in [1.807, 2.05) is 19.1 Å². The Labute approximate surface area is 108 Å². The zero-order chi connectivity index (χ0) is 13.0. The molecule has 0 aromatic carbocycles. The zero-order valence-electron chi connectivity index (χ0n) is 10.8. The van der Waals surface area contributed by atoms with E-state index in [0.29, 0.717) is 11.6 Å². The van der Waals surface area contributed by atoms with Crippen LogP contribution >= 0.6 is 0 Å². The van der Waals surface area contributed by atoms with Crippen LogP contribution in [0.4, 0.5) is 5.82 Å². The fourth-order valence-electron chi connectivity index (χ4n) is 2.63. The van der Waals surface area contributed by atoms with Crippen LogP contribution in [-0.4, -0.2) is 29.3 Å². The largest absolute Gasteiger partial charge is 0.396 e. The quantitative estimate of drug-likeness (QED) is 0.881. The van der Waals surface area contributed by atoms with E-state index >= 15 is 0 Å². The first-order chi connectivity index (χ1) is 8.74. The maximum absolute atomic E-state index is 9.01.